The zero-order chi connectivity index (χ0) is 45.7. The fourth-order valence-corrected chi connectivity index (χ4v) is 7.43. The van der Waals surface area contributed by atoms with E-state index in [9.17, 15) is 19.4 Å². The van der Waals surface area contributed by atoms with E-state index < -0.39 is 26.6 Å². The summed E-state index contributed by atoms with van der Waals surface area (Å²) < 4.78 is 23.2. The Labute approximate surface area is 382 Å². The standard InChI is InChI=1S/C53H95N2O6P/c1-6-8-10-12-14-16-18-20-22-23-24-25-26-27-28-29-30-31-33-34-36-38-40-42-44-46-52(56)51(50-61-62(58,59)60-49-48-55(3,4)5)54-53(57)47-45-43-41-39-37-35-32-21-19-17-15-13-11-9-7-2/h9,11,15,17,21,32,36-39,43-46,51-52,56H,6-8,10,12-14,16,18-20,22-31,33-35,40-42,47-50H2,1-5H3,(H-,54,57,58,59)/b11-9-,17-15-,32-21-,38-36+,39-37-,45-43-,46-44+. The molecule has 358 valence electrons. The highest BCUT2D eigenvalue weighted by molar-refractivity contribution is 7.45. The lowest BCUT2D eigenvalue weighted by Gasteiger charge is -2.29. The number of aliphatic hydroxyl groups excluding tert-OH is 1. The van der Waals surface area contributed by atoms with E-state index in [1.807, 2.05) is 33.3 Å². The van der Waals surface area contributed by atoms with Crippen molar-refractivity contribution in [1.29, 1.82) is 0 Å². The number of unbranched alkanes of at least 4 members (excludes halogenated alkanes) is 20. The number of allylic oxidation sites excluding steroid dienone is 12. The maximum atomic E-state index is 12.8. The molecule has 8 nitrogen and oxygen atoms in total. The quantitative estimate of drug-likeness (QED) is 0.0273. The average molecular weight is 887 g/mol. The second-order valence-electron chi connectivity index (χ2n) is 17.8. The number of phosphoric ester groups is 1. The van der Waals surface area contributed by atoms with E-state index in [2.05, 4.69) is 79.9 Å². The Kier molecular flexibility index (Phi) is 42.3. The molecule has 3 atom stereocenters. The molecule has 0 spiro atoms. The maximum Gasteiger partial charge on any atom is 0.268 e. The van der Waals surface area contributed by atoms with Gasteiger partial charge in [0.25, 0.3) is 7.82 Å². The molecule has 0 saturated carbocycles. The maximum absolute atomic E-state index is 12.8. The summed E-state index contributed by atoms with van der Waals surface area (Å²) in [5, 5.41) is 13.7. The summed E-state index contributed by atoms with van der Waals surface area (Å²) in [5.41, 5.74) is 0. The Bertz CT molecular complexity index is 1280. The lowest BCUT2D eigenvalue weighted by atomic mass is 10.0. The first-order chi connectivity index (χ1) is 30.0. The molecule has 0 fully saturated rings. The molecule has 2 N–H and O–H groups in total. The van der Waals surface area contributed by atoms with Gasteiger partial charge in [0, 0.05) is 6.42 Å². The van der Waals surface area contributed by atoms with Crippen LogP contribution in [0.5, 0.6) is 0 Å². The predicted molar refractivity (Wildman–Crippen MR) is 265 cm³/mol. The van der Waals surface area contributed by atoms with Gasteiger partial charge in [-0.2, -0.15) is 0 Å². The highest BCUT2D eigenvalue weighted by Crippen LogP contribution is 2.38. The Balaban J connectivity index is 4.43. The number of phosphoric acid groups is 1. The molecule has 0 radical (unpaired) electrons. The van der Waals surface area contributed by atoms with Crippen LogP contribution in [0.1, 0.15) is 194 Å². The lowest BCUT2D eigenvalue weighted by molar-refractivity contribution is -0.870. The zero-order valence-corrected chi connectivity index (χ0v) is 41.4. The van der Waals surface area contributed by atoms with Crippen LogP contribution in [0.25, 0.3) is 0 Å². The first-order valence-corrected chi connectivity index (χ1v) is 26.4. The molecule has 0 aliphatic heterocycles. The minimum Gasteiger partial charge on any atom is -0.756 e. The molecule has 0 bridgehead atoms. The number of carbonyl (C=O) groups excluding carboxylic acids is 1. The molecular weight excluding hydrogens is 792 g/mol. The van der Waals surface area contributed by atoms with Crippen molar-refractivity contribution in [3.63, 3.8) is 0 Å². The number of nitrogens with zero attached hydrogens (tertiary/aromatic N) is 1. The highest BCUT2D eigenvalue weighted by atomic mass is 31.2. The van der Waals surface area contributed by atoms with E-state index in [1.165, 1.54) is 122 Å². The van der Waals surface area contributed by atoms with Crippen LogP contribution in [-0.2, 0) is 18.4 Å². The summed E-state index contributed by atoms with van der Waals surface area (Å²) in [6, 6.07) is -0.962. The molecule has 0 aromatic rings. The number of rotatable bonds is 44. The second kappa shape index (κ2) is 43.9. The summed E-state index contributed by atoms with van der Waals surface area (Å²) in [7, 11) is 1.18. The van der Waals surface area contributed by atoms with Gasteiger partial charge in [-0.05, 0) is 57.8 Å². The van der Waals surface area contributed by atoms with Crippen LogP contribution in [0.15, 0.2) is 85.1 Å². The summed E-state index contributed by atoms with van der Waals surface area (Å²) in [6.45, 7) is 4.43. The van der Waals surface area contributed by atoms with E-state index in [4.69, 9.17) is 9.05 Å². The van der Waals surface area contributed by atoms with Gasteiger partial charge >= 0.3 is 0 Å². The van der Waals surface area contributed by atoms with Crippen molar-refractivity contribution < 1.29 is 32.9 Å². The van der Waals surface area contributed by atoms with E-state index >= 15 is 0 Å². The first kappa shape index (κ1) is 59.7. The predicted octanol–water partition coefficient (Wildman–Crippen LogP) is 13.9. The molecule has 0 saturated heterocycles. The van der Waals surface area contributed by atoms with Gasteiger partial charge in [0.05, 0.1) is 39.9 Å². The molecule has 3 unspecified atom stereocenters. The molecule has 0 aliphatic rings. The Morgan fingerprint density at radius 3 is 1.47 bits per heavy atom. The summed E-state index contributed by atoms with van der Waals surface area (Å²) >= 11 is 0. The van der Waals surface area contributed by atoms with Gasteiger partial charge in [-0.3, -0.25) is 9.36 Å². The average Bonchev–Trinajstić information content (AvgIpc) is 3.23. The van der Waals surface area contributed by atoms with Crippen LogP contribution >= 0.6 is 7.82 Å². The van der Waals surface area contributed by atoms with Crippen molar-refractivity contribution in [3.05, 3.63) is 85.1 Å². The van der Waals surface area contributed by atoms with Crippen molar-refractivity contribution in [2.45, 2.75) is 206 Å². The molecular formula is C53H95N2O6P. The van der Waals surface area contributed by atoms with E-state index in [1.54, 1.807) is 12.2 Å². The van der Waals surface area contributed by atoms with Crippen LogP contribution in [-0.4, -0.2) is 68.5 Å². The van der Waals surface area contributed by atoms with E-state index in [-0.39, 0.29) is 18.9 Å². The van der Waals surface area contributed by atoms with E-state index in [0.29, 0.717) is 17.4 Å². The van der Waals surface area contributed by atoms with Gasteiger partial charge in [0.1, 0.15) is 13.2 Å². The third kappa shape index (κ3) is 45.7. The van der Waals surface area contributed by atoms with Gasteiger partial charge in [0.15, 0.2) is 0 Å². The highest BCUT2D eigenvalue weighted by Gasteiger charge is 2.23. The van der Waals surface area contributed by atoms with Crippen LogP contribution in [0.2, 0.25) is 0 Å². The molecule has 0 aromatic carbocycles. The number of likely N-dealkylation sites (N-methyl/N-ethyl adjacent to an activating group) is 1. The van der Waals surface area contributed by atoms with E-state index in [0.717, 1.165) is 44.9 Å². The fourth-order valence-electron chi connectivity index (χ4n) is 6.71. The fraction of sp³-hybridized carbons (Fsp3) is 0.717. The minimum absolute atomic E-state index is 0.0269. The summed E-state index contributed by atoms with van der Waals surface area (Å²) in [5.74, 6) is -0.336. The molecule has 62 heavy (non-hydrogen) atoms. The minimum atomic E-state index is -4.63. The van der Waals surface area contributed by atoms with Crippen LogP contribution in [0, 0.1) is 0 Å². The molecule has 1 amide bonds. The SMILES string of the molecule is CC/C=C\C/C=C\C/C=C\C/C=C\C/C=C\CC(=O)NC(COP(=O)([O-])OCC[N+](C)(C)C)C(O)/C=C/CC/C=C/CCCCCCCCCCCCCCCCCCCCC. The van der Waals surface area contributed by atoms with Crippen molar-refractivity contribution in [1.82, 2.24) is 5.32 Å². The van der Waals surface area contributed by atoms with Crippen LogP contribution < -0.4 is 10.2 Å². The molecule has 0 rings (SSSR count). The Morgan fingerprint density at radius 1 is 0.581 bits per heavy atom. The number of hydrogen-bond acceptors (Lipinski definition) is 6. The summed E-state index contributed by atoms with van der Waals surface area (Å²) in [4.78, 5) is 25.3. The smallest absolute Gasteiger partial charge is 0.268 e. The third-order valence-electron chi connectivity index (χ3n) is 10.6. The van der Waals surface area contributed by atoms with Gasteiger partial charge in [-0.25, -0.2) is 0 Å². The van der Waals surface area contributed by atoms with Gasteiger partial charge in [-0.1, -0.05) is 214 Å². The van der Waals surface area contributed by atoms with Crippen molar-refractivity contribution in [2.75, 3.05) is 40.9 Å². The van der Waals surface area contributed by atoms with Crippen molar-refractivity contribution >= 4 is 13.7 Å². The van der Waals surface area contributed by atoms with Crippen molar-refractivity contribution in [2.24, 2.45) is 0 Å². The topological polar surface area (TPSA) is 108 Å². The number of aliphatic hydroxyl groups is 1. The number of nitrogens with one attached hydrogen (secondary N) is 1. The van der Waals surface area contributed by atoms with Gasteiger partial charge < -0.3 is 28.8 Å². The lowest BCUT2D eigenvalue weighted by Crippen LogP contribution is -2.45. The van der Waals surface area contributed by atoms with Crippen LogP contribution in [0.4, 0.5) is 0 Å². The Hall–Kier alpha value is -2.32. The molecule has 0 aromatic heterocycles. The van der Waals surface area contributed by atoms with Crippen molar-refractivity contribution in [3.8, 4) is 0 Å². The number of carbonyl (C=O) groups is 1. The third-order valence-corrected chi connectivity index (χ3v) is 11.6. The Morgan fingerprint density at radius 2 is 1.00 bits per heavy atom. The molecule has 9 heteroatoms. The number of quaternary nitrogens is 1. The molecule has 0 heterocycles. The monoisotopic (exact) mass is 887 g/mol. The van der Waals surface area contributed by atoms with Gasteiger partial charge in [-0.15, -0.1) is 0 Å². The largest absolute Gasteiger partial charge is 0.756 e. The van der Waals surface area contributed by atoms with Gasteiger partial charge in [0.2, 0.25) is 5.91 Å². The molecule has 0 aliphatic carbocycles. The summed E-state index contributed by atoms with van der Waals surface area (Å²) in [6.07, 6.45) is 61.2. The first-order valence-electron chi connectivity index (χ1n) is 24.9. The number of hydrogen-bond donors (Lipinski definition) is 2. The number of amides is 1. The second-order valence-corrected chi connectivity index (χ2v) is 19.2. The van der Waals surface area contributed by atoms with Crippen LogP contribution in [0.3, 0.4) is 0 Å². The normalized spacial score (nSPS) is 14.9. The zero-order valence-electron chi connectivity index (χ0n) is 40.5.